The summed E-state index contributed by atoms with van der Waals surface area (Å²) >= 11 is 0. The zero-order valence-electron chi connectivity index (χ0n) is 7.35. The van der Waals surface area contributed by atoms with Crippen LogP contribution in [0, 0.1) is 6.92 Å². The van der Waals surface area contributed by atoms with Crippen LogP contribution in [0.4, 0.5) is 13.2 Å². The predicted octanol–water partition coefficient (Wildman–Crippen LogP) is 1.25. The van der Waals surface area contributed by atoms with Gasteiger partial charge in [-0.1, -0.05) is 0 Å². The lowest BCUT2D eigenvalue weighted by Crippen LogP contribution is -2.33. The number of aromatic amines is 1. The number of aryl methyl sites for hydroxylation is 1. The van der Waals surface area contributed by atoms with Gasteiger partial charge in [0.05, 0.1) is 0 Å². The summed E-state index contributed by atoms with van der Waals surface area (Å²) in [5.74, 6) is 0. The Morgan fingerprint density at radius 2 is 2.07 bits per heavy atom. The van der Waals surface area contributed by atoms with Crippen molar-refractivity contribution in [2.75, 3.05) is 0 Å². The van der Waals surface area contributed by atoms with Gasteiger partial charge in [-0.15, -0.1) is 0 Å². The van der Waals surface area contributed by atoms with Crippen LogP contribution < -0.4 is 11.3 Å². The van der Waals surface area contributed by atoms with Crippen molar-refractivity contribution in [2.45, 2.75) is 19.1 Å². The van der Waals surface area contributed by atoms with Crippen LogP contribution in [-0.2, 0) is 0 Å². The lowest BCUT2D eigenvalue weighted by molar-refractivity contribution is -0.149. The zero-order valence-corrected chi connectivity index (χ0v) is 7.35. The molecule has 0 saturated heterocycles. The molecule has 0 aliphatic heterocycles. The second kappa shape index (κ2) is 3.45. The SMILES string of the molecule is Cc1c[nH]c(=O)c(C(N)C(F)(F)F)c1. The highest BCUT2D eigenvalue weighted by Crippen LogP contribution is 2.28. The predicted molar refractivity (Wildman–Crippen MR) is 44.8 cm³/mol. The van der Waals surface area contributed by atoms with Gasteiger partial charge in [-0.05, 0) is 18.6 Å². The number of nitrogens with two attached hydrogens (primary N) is 1. The lowest BCUT2D eigenvalue weighted by Gasteiger charge is -2.14. The molecule has 0 fully saturated rings. The molecule has 1 rings (SSSR count). The van der Waals surface area contributed by atoms with Gasteiger partial charge in [-0.2, -0.15) is 13.2 Å². The molecule has 0 aliphatic carbocycles. The average molecular weight is 206 g/mol. The smallest absolute Gasteiger partial charge is 0.329 e. The van der Waals surface area contributed by atoms with E-state index in [4.69, 9.17) is 5.73 Å². The molecule has 3 N–H and O–H groups in total. The van der Waals surface area contributed by atoms with Gasteiger partial charge in [0.25, 0.3) is 5.56 Å². The fourth-order valence-electron chi connectivity index (χ4n) is 1.02. The van der Waals surface area contributed by atoms with Gasteiger partial charge < -0.3 is 10.7 Å². The molecule has 1 aromatic rings. The second-order valence-electron chi connectivity index (χ2n) is 2.98. The standard InChI is InChI=1S/C8H9F3N2O/c1-4-2-5(7(14)13-3-4)6(12)8(9,10)11/h2-3,6H,12H2,1H3,(H,13,14). The summed E-state index contributed by atoms with van der Waals surface area (Å²) in [5.41, 5.74) is 4.16. The molecule has 1 atom stereocenters. The summed E-state index contributed by atoms with van der Waals surface area (Å²) in [7, 11) is 0. The minimum Gasteiger partial charge on any atom is -0.329 e. The summed E-state index contributed by atoms with van der Waals surface area (Å²) in [5, 5.41) is 0. The van der Waals surface area contributed by atoms with Crippen LogP contribution in [0.5, 0.6) is 0 Å². The Balaban J connectivity index is 3.19. The minimum atomic E-state index is -4.60. The summed E-state index contributed by atoms with van der Waals surface area (Å²) < 4.78 is 36.5. The first-order chi connectivity index (χ1) is 6.32. The molecule has 0 bridgehead atoms. The highest BCUT2D eigenvalue weighted by molar-refractivity contribution is 5.21. The van der Waals surface area contributed by atoms with Crippen molar-refractivity contribution in [2.24, 2.45) is 5.73 Å². The number of alkyl halides is 3. The summed E-state index contributed by atoms with van der Waals surface area (Å²) in [4.78, 5) is 13.2. The summed E-state index contributed by atoms with van der Waals surface area (Å²) in [6.07, 6.45) is -3.27. The van der Waals surface area contributed by atoms with Crippen molar-refractivity contribution in [1.29, 1.82) is 0 Å². The molecule has 1 unspecified atom stereocenters. The Morgan fingerprint density at radius 1 is 1.50 bits per heavy atom. The van der Waals surface area contributed by atoms with E-state index in [1.165, 1.54) is 6.20 Å². The van der Waals surface area contributed by atoms with Gasteiger partial charge in [0.1, 0.15) is 6.04 Å². The number of hydrogen-bond acceptors (Lipinski definition) is 2. The number of pyridine rings is 1. The van der Waals surface area contributed by atoms with E-state index in [1.807, 2.05) is 0 Å². The van der Waals surface area contributed by atoms with Gasteiger partial charge in [0, 0.05) is 11.8 Å². The van der Waals surface area contributed by atoms with Gasteiger partial charge in [-0.3, -0.25) is 4.79 Å². The molecule has 0 amide bonds. The molecule has 1 aromatic heterocycles. The Kier molecular flexibility index (Phi) is 2.66. The molecule has 0 spiro atoms. The molecular weight excluding hydrogens is 197 g/mol. The van der Waals surface area contributed by atoms with Gasteiger partial charge in [0.15, 0.2) is 0 Å². The first kappa shape index (κ1) is 10.8. The normalized spacial score (nSPS) is 14.1. The van der Waals surface area contributed by atoms with Gasteiger partial charge in [-0.25, -0.2) is 0 Å². The maximum atomic E-state index is 12.2. The third-order valence-corrected chi connectivity index (χ3v) is 1.76. The summed E-state index contributed by atoms with van der Waals surface area (Å²) in [6.45, 7) is 1.57. The Hall–Kier alpha value is -1.30. The minimum absolute atomic E-state index is 0.461. The monoisotopic (exact) mass is 206 g/mol. The van der Waals surface area contributed by atoms with E-state index in [1.54, 1.807) is 6.92 Å². The van der Waals surface area contributed by atoms with Crippen LogP contribution >= 0.6 is 0 Å². The van der Waals surface area contributed by atoms with E-state index in [0.717, 1.165) is 6.07 Å². The number of rotatable bonds is 1. The average Bonchev–Trinajstić information content (AvgIpc) is 2.06. The molecule has 1 heterocycles. The number of aromatic nitrogens is 1. The van der Waals surface area contributed by atoms with E-state index in [2.05, 4.69) is 4.98 Å². The maximum absolute atomic E-state index is 12.2. The maximum Gasteiger partial charge on any atom is 0.407 e. The number of H-pyrrole nitrogens is 1. The fourth-order valence-corrected chi connectivity index (χ4v) is 1.02. The zero-order chi connectivity index (χ0) is 10.9. The molecule has 78 valence electrons. The largest absolute Gasteiger partial charge is 0.407 e. The van der Waals surface area contributed by atoms with Crippen molar-refractivity contribution in [3.8, 4) is 0 Å². The van der Waals surface area contributed by atoms with Gasteiger partial charge >= 0.3 is 6.18 Å². The lowest BCUT2D eigenvalue weighted by atomic mass is 10.1. The first-order valence-corrected chi connectivity index (χ1v) is 3.84. The van der Waals surface area contributed by atoms with Crippen LogP contribution in [0.25, 0.3) is 0 Å². The molecule has 0 aromatic carbocycles. The third kappa shape index (κ3) is 2.14. The van der Waals surface area contributed by atoms with E-state index in [9.17, 15) is 18.0 Å². The Morgan fingerprint density at radius 3 is 2.57 bits per heavy atom. The van der Waals surface area contributed by atoms with E-state index < -0.39 is 23.3 Å². The Bertz CT molecular complexity index is 383. The highest BCUT2D eigenvalue weighted by Gasteiger charge is 2.39. The quantitative estimate of drug-likeness (QED) is 0.726. The fraction of sp³-hybridized carbons (Fsp3) is 0.375. The van der Waals surface area contributed by atoms with Crippen LogP contribution in [0.3, 0.4) is 0 Å². The van der Waals surface area contributed by atoms with E-state index in [-0.39, 0.29) is 0 Å². The molecular formula is C8H9F3N2O. The molecule has 0 aliphatic rings. The van der Waals surface area contributed by atoms with Crippen molar-refractivity contribution in [3.63, 3.8) is 0 Å². The second-order valence-corrected chi connectivity index (χ2v) is 2.98. The Labute approximate surface area is 77.7 Å². The van der Waals surface area contributed by atoms with Gasteiger partial charge in [0.2, 0.25) is 0 Å². The summed E-state index contributed by atoms with van der Waals surface area (Å²) in [6, 6.07) is -1.09. The molecule has 3 nitrogen and oxygen atoms in total. The third-order valence-electron chi connectivity index (χ3n) is 1.76. The number of halogens is 3. The van der Waals surface area contributed by atoms with Crippen molar-refractivity contribution in [3.05, 3.63) is 33.7 Å². The first-order valence-electron chi connectivity index (χ1n) is 3.84. The van der Waals surface area contributed by atoms with Crippen molar-refractivity contribution in [1.82, 2.24) is 4.98 Å². The highest BCUT2D eigenvalue weighted by atomic mass is 19.4. The van der Waals surface area contributed by atoms with Crippen LogP contribution in [0.2, 0.25) is 0 Å². The van der Waals surface area contributed by atoms with Crippen LogP contribution in [-0.4, -0.2) is 11.2 Å². The molecule has 0 radical (unpaired) electrons. The number of nitrogens with one attached hydrogen (secondary N) is 1. The molecule has 6 heteroatoms. The van der Waals surface area contributed by atoms with E-state index >= 15 is 0 Å². The van der Waals surface area contributed by atoms with Crippen molar-refractivity contribution >= 4 is 0 Å². The van der Waals surface area contributed by atoms with Crippen LogP contribution in [0.1, 0.15) is 17.2 Å². The molecule has 14 heavy (non-hydrogen) atoms. The topological polar surface area (TPSA) is 58.9 Å². The van der Waals surface area contributed by atoms with Crippen LogP contribution in [0.15, 0.2) is 17.1 Å². The molecule has 0 saturated carbocycles. The van der Waals surface area contributed by atoms with Crippen molar-refractivity contribution < 1.29 is 13.2 Å². The van der Waals surface area contributed by atoms with E-state index in [0.29, 0.717) is 5.56 Å². The number of hydrogen-bond donors (Lipinski definition) is 2.